The molecule has 0 radical (unpaired) electrons. The molecule has 25 heavy (non-hydrogen) atoms. The molecule has 124 valence electrons. The van der Waals surface area contributed by atoms with E-state index in [4.69, 9.17) is 0 Å². The quantitative estimate of drug-likeness (QED) is 0.433. The maximum Gasteiger partial charge on any atom is 0.268 e. The number of hydrogen-bond acceptors (Lipinski definition) is 2. The average molecular weight is 331 g/mol. The zero-order valence-electron chi connectivity index (χ0n) is 13.4. The number of carbonyl (C=O) groups excluding carboxylic acids is 1. The van der Waals surface area contributed by atoms with E-state index in [1.165, 1.54) is 0 Å². The fourth-order valence-electron chi connectivity index (χ4n) is 3.98. The third-order valence-corrected chi connectivity index (χ3v) is 5.10. The van der Waals surface area contributed by atoms with E-state index in [0.717, 1.165) is 32.9 Å². The van der Waals surface area contributed by atoms with Gasteiger partial charge in [-0.15, -0.1) is 0 Å². The van der Waals surface area contributed by atoms with Crippen LogP contribution in [0, 0.1) is 0 Å². The lowest BCUT2D eigenvalue weighted by atomic mass is 9.85. The van der Waals surface area contributed by atoms with Crippen molar-refractivity contribution in [3.05, 3.63) is 71.5 Å². The minimum atomic E-state index is -0.705. The van der Waals surface area contributed by atoms with Gasteiger partial charge in [-0.1, -0.05) is 36.4 Å². The van der Waals surface area contributed by atoms with Crippen molar-refractivity contribution in [1.29, 1.82) is 0 Å². The van der Waals surface area contributed by atoms with Gasteiger partial charge in [0.05, 0.1) is 6.10 Å². The number of aromatic amines is 2. The van der Waals surface area contributed by atoms with Crippen LogP contribution in [-0.2, 0) is 0 Å². The number of H-pyrrole nitrogens is 2. The van der Waals surface area contributed by atoms with E-state index >= 15 is 0 Å². The highest BCUT2D eigenvalue weighted by Crippen LogP contribution is 2.40. The highest BCUT2D eigenvalue weighted by Gasteiger charge is 2.35. The number of aliphatic hydroxyl groups is 1. The van der Waals surface area contributed by atoms with E-state index in [2.05, 4.69) is 15.3 Å². The normalized spacial score (nSPS) is 20.4. The summed E-state index contributed by atoms with van der Waals surface area (Å²) < 4.78 is 0. The summed E-state index contributed by atoms with van der Waals surface area (Å²) >= 11 is 0. The summed E-state index contributed by atoms with van der Waals surface area (Å²) in [5.41, 5.74) is 4.33. The summed E-state index contributed by atoms with van der Waals surface area (Å²) in [4.78, 5) is 19.1. The van der Waals surface area contributed by atoms with Crippen molar-refractivity contribution in [2.75, 3.05) is 6.54 Å². The Morgan fingerprint density at radius 2 is 1.68 bits per heavy atom. The van der Waals surface area contributed by atoms with E-state index in [-0.39, 0.29) is 18.4 Å². The molecule has 0 saturated carbocycles. The van der Waals surface area contributed by atoms with Crippen LogP contribution in [0.4, 0.5) is 0 Å². The molecule has 5 nitrogen and oxygen atoms in total. The Morgan fingerprint density at radius 3 is 2.52 bits per heavy atom. The SMILES string of the molecule is O=C1NC[C@@H](O)[C@H](c2c[nH]c3ccccc23)c2c1[nH]c1ccccc21. The van der Waals surface area contributed by atoms with Gasteiger partial charge in [0.25, 0.3) is 5.91 Å². The molecule has 0 unspecified atom stereocenters. The molecule has 0 aliphatic carbocycles. The molecule has 3 heterocycles. The molecular formula is C20H17N3O2. The van der Waals surface area contributed by atoms with Gasteiger partial charge in [0.1, 0.15) is 5.69 Å². The molecule has 2 aromatic carbocycles. The lowest BCUT2D eigenvalue weighted by Gasteiger charge is -2.21. The van der Waals surface area contributed by atoms with Crippen LogP contribution in [0.1, 0.15) is 27.5 Å². The Bertz CT molecular complexity index is 1110. The van der Waals surface area contributed by atoms with Crippen LogP contribution < -0.4 is 5.32 Å². The molecule has 2 aromatic heterocycles. The Balaban J connectivity index is 1.84. The third kappa shape index (κ3) is 2.03. The van der Waals surface area contributed by atoms with Crippen molar-refractivity contribution in [1.82, 2.24) is 15.3 Å². The summed E-state index contributed by atoms with van der Waals surface area (Å²) in [5, 5.41) is 15.7. The molecule has 2 atom stereocenters. The lowest BCUT2D eigenvalue weighted by Crippen LogP contribution is -2.31. The number of aromatic nitrogens is 2. The zero-order chi connectivity index (χ0) is 17.0. The van der Waals surface area contributed by atoms with Gasteiger partial charge in [-0.25, -0.2) is 0 Å². The smallest absolute Gasteiger partial charge is 0.268 e. The summed E-state index contributed by atoms with van der Waals surface area (Å²) in [6.07, 6.45) is 1.24. The molecule has 4 N–H and O–H groups in total. The number of nitrogens with one attached hydrogen (secondary N) is 3. The summed E-state index contributed by atoms with van der Waals surface area (Å²) in [6.45, 7) is 0.222. The van der Waals surface area contributed by atoms with Crippen molar-refractivity contribution >= 4 is 27.7 Å². The second-order valence-electron chi connectivity index (χ2n) is 6.50. The van der Waals surface area contributed by atoms with Crippen molar-refractivity contribution in [2.45, 2.75) is 12.0 Å². The first-order valence-electron chi connectivity index (χ1n) is 8.37. The third-order valence-electron chi connectivity index (χ3n) is 5.10. The van der Waals surface area contributed by atoms with Crippen molar-refractivity contribution in [2.24, 2.45) is 0 Å². The number of aliphatic hydroxyl groups excluding tert-OH is 1. The van der Waals surface area contributed by atoms with Gasteiger partial charge in [-0.2, -0.15) is 0 Å². The predicted molar refractivity (Wildman–Crippen MR) is 96.8 cm³/mol. The van der Waals surface area contributed by atoms with Crippen LogP contribution >= 0.6 is 0 Å². The van der Waals surface area contributed by atoms with E-state index < -0.39 is 6.10 Å². The molecule has 0 spiro atoms. The Labute approximate surface area is 143 Å². The second kappa shape index (κ2) is 5.22. The topological polar surface area (TPSA) is 80.9 Å². The number of amides is 1. The van der Waals surface area contributed by atoms with Gasteiger partial charge in [0.2, 0.25) is 0 Å². The molecule has 5 heteroatoms. The van der Waals surface area contributed by atoms with Crippen LogP contribution in [0.25, 0.3) is 21.8 Å². The number of carbonyl (C=O) groups is 1. The fraction of sp³-hybridized carbons (Fsp3) is 0.150. The maximum absolute atomic E-state index is 12.5. The van der Waals surface area contributed by atoms with Gasteiger partial charge in [-0.3, -0.25) is 4.79 Å². The standard InChI is InChI=1S/C20H17N3O2/c24-16-10-22-20(25)19-18(12-6-2-4-8-15(12)23-19)17(16)13-9-21-14-7-3-1-5-11(13)14/h1-9,16-17,21,23-24H,10H2,(H,22,25)/t16-,17+/m1/s1. The molecular weight excluding hydrogens is 314 g/mol. The number of benzene rings is 2. The first-order chi connectivity index (χ1) is 12.2. The van der Waals surface area contributed by atoms with Gasteiger partial charge in [-0.05, 0) is 17.7 Å². The van der Waals surface area contributed by atoms with E-state index in [1.54, 1.807) is 0 Å². The predicted octanol–water partition coefficient (Wildman–Crippen LogP) is 2.89. The molecule has 0 saturated heterocycles. The maximum atomic E-state index is 12.5. The van der Waals surface area contributed by atoms with Crippen LogP contribution in [0.3, 0.4) is 0 Å². The number of hydrogen-bond donors (Lipinski definition) is 4. The molecule has 0 bridgehead atoms. The monoisotopic (exact) mass is 331 g/mol. The Hall–Kier alpha value is -3.05. The lowest BCUT2D eigenvalue weighted by molar-refractivity contribution is 0.0922. The summed E-state index contributed by atoms with van der Waals surface area (Å²) in [6, 6.07) is 15.9. The van der Waals surface area contributed by atoms with Gasteiger partial charge in [0.15, 0.2) is 0 Å². The average Bonchev–Trinajstić information content (AvgIpc) is 3.20. The van der Waals surface area contributed by atoms with Crippen LogP contribution in [-0.4, -0.2) is 33.6 Å². The van der Waals surface area contributed by atoms with E-state index in [0.29, 0.717) is 5.69 Å². The minimum absolute atomic E-state index is 0.174. The molecule has 1 amide bonds. The highest BCUT2D eigenvalue weighted by molar-refractivity contribution is 6.02. The Morgan fingerprint density at radius 1 is 0.960 bits per heavy atom. The number of β-amino-alcohol motifs (C(OH)–C–C–N with tert-alkyl or cyclic N) is 1. The molecule has 0 fully saturated rings. The number of rotatable bonds is 1. The first kappa shape index (κ1) is 14.3. The molecule has 1 aliphatic rings. The van der Waals surface area contributed by atoms with Crippen LogP contribution in [0.15, 0.2) is 54.7 Å². The molecule has 4 aromatic rings. The largest absolute Gasteiger partial charge is 0.390 e. The first-order valence-corrected chi connectivity index (χ1v) is 8.37. The molecule has 5 rings (SSSR count). The summed E-state index contributed by atoms with van der Waals surface area (Å²) in [7, 11) is 0. The van der Waals surface area contributed by atoms with Gasteiger partial charge >= 0.3 is 0 Å². The summed E-state index contributed by atoms with van der Waals surface area (Å²) in [5.74, 6) is -0.464. The van der Waals surface area contributed by atoms with E-state index in [1.807, 2.05) is 54.7 Å². The zero-order valence-corrected chi connectivity index (χ0v) is 13.4. The van der Waals surface area contributed by atoms with Gasteiger partial charge < -0.3 is 20.4 Å². The van der Waals surface area contributed by atoms with Gasteiger partial charge in [0, 0.05) is 46.0 Å². The number of para-hydroxylation sites is 2. The van der Waals surface area contributed by atoms with E-state index in [9.17, 15) is 9.90 Å². The van der Waals surface area contributed by atoms with Crippen molar-refractivity contribution in [3.8, 4) is 0 Å². The second-order valence-corrected chi connectivity index (χ2v) is 6.50. The fourth-order valence-corrected chi connectivity index (χ4v) is 3.98. The minimum Gasteiger partial charge on any atom is -0.390 e. The van der Waals surface area contributed by atoms with Crippen LogP contribution in [0.2, 0.25) is 0 Å². The Kier molecular flexibility index (Phi) is 2.99. The van der Waals surface area contributed by atoms with Crippen molar-refractivity contribution < 1.29 is 9.90 Å². The molecule has 1 aliphatic heterocycles. The van der Waals surface area contributed by atoms with Crippen LogP contribution in [0.5, 0.6) is 0 Å². The van der Waals surface area contributed by atoms with Crippen molar-refractivity contribution in [3.63, 3.8) is 0 Å². The number of fused-ring (bicyclic) bond motifs is 4. The highest BCUT2D eigenvalue weighted by atomic mass is 16.3.